The average Bonchev–Trinajstić information content (AvgIpc) is 2.59. The SMILES string of the molecule is Cc1cccc(Oc2ncc(N)s2)c1F. The second-order valence-corrected chi connectivity index (χ2v) is 4.04. The summed E-state index contributed by atoms with van der Waals surface area (Å²) in [6.07, 6.45) is 1.48. The number of hydrogen-bond acceptors (Lipinski definition) is 4. The number of benzene rings is 1. The minimum absolute atomic E-state index is 0.171. The van der Waals surface area contributed by atoms with Gasteiger partial charge in [0, 0.05) is 0 Å². The predicted molar refractivity (Wildman–Crippen MR) is 57.7 cm³/mol. The topological polar surface area (TPSA) is 48.1 Å². The highest BCUT2D eigenvalue weighted by Crippen LogP contribution is 2.30. The van der Waals surface area contributed by atoms with Crippen molar-refractivity contribution in [1.29, 1.82) is 0 Å². The summed E-state index contributed by atoms with van der Waals surface area (Å²) >= 11 is 1.17. The summed E-state index contributed by atoms with van der Waals surface area (Å²) in [7, 11) is 0. The number of hydrogen-bond donors (Lipinski definition) is 1. The van der Waals surface area contributed by atoms with Gasteiger partial charge >= 0.3 is 0 Å². The normalized spacial score (nSPS) is 10.3. The van der Waals surface area contributed by atoms with E-state index in [-0.39, 0.29) is 11.6 Å². The summed E-state index contributed by atoms with van der Waals surface area (Å²) < 4.78 is 18.8. The maximum Gasteiger partial charge on any atom is 0.280 e. The molecule has 0 unspecified atom stereocenters. The van der Waals surface area contributed by atoms with E-state index >= 15 is 0 Å². The molecular formula is C10H9FN2OS. The lowest BCUT2D eigenvalue weighted by molar-refractivity contribution is 0.437. The zero-order valence-electron chi connectivity index (χ0n) is 8.03. The number of thiazole rings is 1. The van der Waals surface area contributed by atoms with E-state index in [0.29, 0.717) is 15.8 Å². The maximum atomic E-state index is 13.5. The van der Waals surface area contributed by atoms with Crippen molar-refractivity contribution in [2.75, 3.05) is 5.73 Å². The average molecular weight is 224 g/mol. The Balaban J connectivity index is 2.28. The van der Waals surface area contributed by atoms with Crippen LogP contribution in [0.1, 0.15) is 5.56 Å². The van der Waals surface area contributed by atoms with Crippen LogP contribution < -0.4 is 10.5 Å². The standard InChI is InChI=1S/C10H9FN2OS/c1-6-3-2-4-7(9(6)11)14-10-13-5-8(12)15-10/h2-5H,12H2,1H3. The molecule has 1 aromatic heterocycles. The minimum atomic E-state index is -0.369. The molecule has 0 atom stereocenters. The summed E-state index contributed by atoms with van der Waals surface area (Å²) in [4.78, 5) is 3.89. The monoisotopic (exact) mass is 224 g/mol. The van der Waals surface area contributed by atoms with Crippen molar-refractivity contribution in [3.63, 3.8) is 0 Å². The Bertz CT molecular complexity index is 484. The summed E-state index contributed by atoms with van der Waals surface area (Å²) in [5.41, 5.74) is 6.02. The van der Waals surface area contributed by atoms with Crippen LogP contribution in [0.25, 0.3) is 0 Å². The van der Waals surface area contributed by atoms with Crippen molar-refractivity contribution in [2.45, 2.75) is 6.92 Å². The van der Waals surface area contributed by atoms with Gasteiger partial charge in [-0.05, 0) is 18.6 Å². The molecular weight excluding hydrogens is 215 g/mol. The second-order valence-electron chi connectivity index (χ2n) is 3.02. The third kappa shape index (κ3) is 2.07. The number of aromatic nitrogens is 1. The molecule has 2 aromatic rings. The fourth-order valence-electron chi connectivity index (χ4n) is 1.11. The van der Waals surface area contributed by atoms with E-state index in [1.807, 2.05) is 0 Å². The van der Waals surface area contributed by atoms with E-state index in [9.17, 15) is 4.39 Å². The summed E-state index contributed by atoms with van der Waals surface area (Å²) in [6.45, 7) is 1.68. The van der Waals surface area contributed by atoms with Crippen LogP contribution in [0, 0.1) is 12.7 Å². The molecule has 0 aliphatic carbocycles. The molecule has 78 valence electrons. The van der Waals surface area contributed by atoms with E-state index in [4.69, 9.17) is 10.5 Å². The van der Waals surface area contributed by atoms with Crippen LogP contribution in [-0.4, -0.2) is 4.98 Å². The third-order valence-electron chi connectivity index (χ3n) is 1.86. The molecule has 0 bridgehead atoms. The molecule has 2 rings (SSSR count). The fourth-order valence-corrected chi connectivity index (χ4v) is 1.65. The maximum absolute atomic E-state index is 13.5. The molecule has 0 fully saturated rings. The smallest absolute Gasteiger partial charge is 0.280 e. The number of halogens is 1. The summed E-state index contributed by atoms with van der Waals surface area (Å²) in [5, 5.41) is 0.884. The number of nitrogens with zero attached hydrogens (tertiary/aromatic N) is 1. The van der Waals surface area contributed by atoms with Crippen LogP contribution >= 0.6 is 11.3 Å². The van der Waals surface area contributed by atoms with E-state index < -0.39 is 0 Å². The number of ether oxygens (including phenoxy) is 1. The number of aryl methyl sites for hydroxylation is 1. The fraction of sp³-hybridized carbons (Fsp3) is 0.100. The van der Waals surface area contributed by atoms with Gasteiger partial charge in [-0.25, -0.2) is 9.37 Å². The third-order valence-corrected chi connectivity index (χ3v) is 2.56. The van der Waals surface area contributed by atoms with Crippen LogP contribution in [0.3, 0.4) is 0 Å². The van der Waals surface area contributed by atoms with E-state index in [0.717, 1.165) is 0 Å². The lowest BCUT2D eigenvalue weighted by Crippen LogP contribution is -1.89. The van der Waals surface area contributed by atoms with Gasteiger partial charge in [-0.15, -0.1) is 0 Å². The number of anilines is 1. The van der Waals surface area contributed by atoms with Gasteiger partial charge in [-0.3, -0.25) is 0 Å². The Kier molecular flexibility index (Phi) is 2.55. The molecule has 5 heteroatoms. The van der Waals surface area contributed by atoms with Gasteiger partial charge in [0.25, 0.3) is 5.19 Å². The van der Waals surface area contributed by atoms with Gasteiger partial charge in [0.1, 0.15) is 5.00 Å². The molecule has 15 heavy (non-hydrogen) atoms. The highest BCUT2D eigenvalue weighted by molar-refractivity contribution is 7.17. The molecule has 3 nitrogen and oxygen atoms in total. The molecule has 1 aromatic carbocycles. The second kappa shape index (κ2) is 3.86. The van der Waals surface area contributed by atoms with Crippen molar-refractivity contribution in [3.8, 4) is 10.9 Å². The molecule has 0 amide bonds. The van der Waals surface area contributed by atoms with Crippen molar-refractivity contribution < 1.29 is 9.13 Å². The van der Waals surface area contributed by atoms with E-state index in [1.54, 1.807) is 25.1 Å². The van der Waals surface area contributed by atoms with Crippen molar-refractivity contribution >= 4 is 16.3 Å². The first-order valence-corrected chi connectivity index (χ1v) is 5.13. The highest BCUT2D eigenvalue weighted by atomic mass is 32.1. The molecule has 0 saturated heterocycles. The van der Waals surface area contributed by atoms with Crippen LogP contribution in [0.4, 0.5) is 9.39 Å². The first-order chi connectivity index (χ1) is 7.16. The lowest BCUT2D eigenvalue weighted by Gasteiger charge is -2.04. The minimum Gasteiger partial charge on any atom is -0.428 e. The molecule has 0 aliphatic heterocycles. The predicted octanol–water partition coefficient (Wildman–Crippen LogP) is 2.97. The van der Waals surface area contributed by atoms with Gasteiger partial charge in [0.05, 0.1) is 6.20 Å². The van der Waals surface area contributed by atoms with Crippen LogP contribution in [-0.2, 0) is 0 Å². The van der Waals surface area contributed by atoms with Crippen molar-refractivity contribution in [1.82, 2.24) is 4.98 Å². The van der Waals surface area contributed by atoms with Crippen molar-refractivity contribution in [2.24, 2.45) is 0 Å². The Morgan fingerprint density at radius 3 is 2.93 bits per heavy atom. The van der Waals surface area contributed by atoms with Gasteiger partial charge in [0.2, 0.25) is 0 Å². The number of nitrogens with two attached hydrogens (primary N) is 1. The summed E-state index contributed by atoms with van der Waals surface area (Å²) in [5.74, 6) is -0.198. The Hall–Kier alpha value is -1.62. The molecule has 1 heterocycles. The van der Waals surface area contributed by atoms with Crippen LogP contribution in [0.15, 0.2) is 24.4 Å². The van der Waals surface area contributed by atoms with Crippen LogP contribution in [0.2, 0.25) is 0 Å². The van der Waals surface area contributed by atoms with Gasteiger partial charge in [-0.1, -0.05) is 23.5 Å². The Morgan fingerprint density at radius 2 is 2.27 bits per heavy atom. The summed E-state index contributed by atoms with van der Waals surface area (Å²) in [6, 6.07) is 4.96. The first kappa shape index (κ1) is 9.92. The van der Waals surface area contributed by atoms with Crippen molar-refractivity contribution in [3.05, 3.63) is 35.8 Å². The lowest BCUT2D eigenvalue weighted by atomic mass is 10.2. The zero-order chi connectivity index (χ0) is 10.8. The number of nitrogen functional groups attached to an aromatic ring is 1. The quantitative estimate of drug-likeness (QED) is 0.853. The molecule has 0 radical (unpaired) electrons. The van der Waals surface area contributed by atoms with E-state index in [2.05, 4.69) is 4.98 Å². The Morgan fingerprint density at radius 1 is 1.47 bits per heavy atom. The molecule has 0 aliphatic rings. The Labute approximate surface area is 90.3 Å². The molecule has 0 saturated carbocycles. The van der Waals surface area contributed by atoms with Crippen LogP contribution in [0.5, 0.6) is 10.9 Å². The zero-order valence-corrected chi connectivity index (χ0v) is 8.84. The largest absolute Gasteiger partial charge is 0.428 e. The van der Waals surface area contributed by atoms with Gasteiger partial charge in [-0.2, -0.15) is 0 Å². The molecule has 2 N–H and O–H groups in total. The van der Waals surface area contributed by atoms with Gasteiger partial charge in [0.15, 0.2) is 11.6 Å². The number of rotatable bonds is 2. The van der Waals surface area contributed by atoms with Gasteiger partial charge < -0.3 is 10.5 Å². The first-order valence-electron chi connectivity index (χ1n) is 4.31. The molecule has 0 spiro atoms. The highest BCUT2D eigenvalue weighted by Gasteiger charge is 2.08. The van der Waals surface area contributed by atoms with E-state index in [1.165, 1.54) is 17.5 Å².